The van der Waals surface area contributed by atoms with E-state index in [-0.39, 0.29) is 24.0 Å². The van der Waals surface area contributed by atoms with Crippen LogP contribution in [0.25, 0.3) is 0 Å². The van der Waals surface area contributed by atoms with Crippen molar-refractivity contribution in [1.82, 2.24) is 15.6 Å². The van der Waals surface area contributed by atoms with Crippen molar-refractivity contribution in [2.24, 2.45) is 4.99 Å². The lowest BCUT2D eigenvalue weighted by atomic mass is 10.3. The van der Waals surface area contributed by atoms with E-state index in [1.54, 1.807) is 6.20 Å². The van der Waals surface area contributed by atoms with E-state index in [1.807, 2.05) is 19.1 Å². The third-order valence-electron chi connectivity index (χ3n) is 2.37. The Morgan fingerprint density at radius 1 is 1.38 bits per heavy atom. The Hall–Kier alpha value is -1.49. The molecule has 0 aromatic carbocycles. The minimum absolute atomic E-state index is 0. The van der Waals surface area contributed by atoms with E-state index < -0.39 is 0 Å². The van der Waals surface area contributed by atoms with Crippen LogP contribution in [0.4, 0.5) is 0 Å². The molecule has 5 nitrogen and oxygen atoms in total. The van der Waals surface area contributed by atoms with E-state index in [4.69, 9.17) is 11.2 Å². The maximum Gasteiger partial charge on any atom is 0.213 e. The molecule has 6 heteroatoms. The summed E-state index contributed by atoms with van der Waals surface area (Å²) < 4.78 is 5.43. The monoisotopic (exact) mass is 402 g/mol. The highest BCUT2D eigenvalue weighted by atomic mass is 127. The van der Waals surface area contributed by atoms with Gasteiger partial charge in [0, 0.05) is 18.8 Å². The number of aromatic nitrogens is 1. The van der Waals surface area contributed by atoms with Crippen LogP contribution in [-0.2, 0) is 6.54 Å². The lowest BCUT2D eigenvalue weighted by Gasteiger charge is -2.09. The van der Waals surface area contributed by atoms with E-state index in [1.165, 1.54) is 0 Å². The summed E-state index contributed by atoms with van der Waals surface area (Å²) in [5.74, 6) is 3.88. The molecule has 0 radical (unpaired) electrons. The second-order valence-electron chi connectivity index (χ2n) is 4.11. The fourth-order valence-corrected chi connectivity index (χ4v) is 1.44. The molecule has 0 saturated heterocycles. The van der Waals surface area contributed by atoms with Gasteiger partial charge in [0.2, 0.25) is 5.88 Å². The first-order chi connectivity index (χ1) is 9.80. The van der Waals surface area contributed by atoms with Gasteiger partial charge in [-0.2, -0.15) is 0 Å². The molecule has 0 spiro atoms. The fraction of sp³-hybridized carbons (Fsp3) is 0.467. The summed E-state index contributed by atoms with van der Waals surface area (Å²) in [5.41, 5.74) is 1.02. The molecule has 21 heavy (non-hydrogen) atoms. The van der Waals surface area contributed by atoms with Crippen LogP contribution < -0.4 is 15.4 Å². The number of halogens is 1. The van der Waals surface area contributed by atoms with Crippen LogP contribution in [0, 0.1) is 12.3 Å². The first-order valence-corrected chi connectivity index (χ1v) is 6.83. The maximum atomic E-state index is 5.43. The Morgan fingerprint density at radius 3 is 2.76 bits per heavy atom. The highest BCUT2D eigenvalue weighted by Crippen LogP contribution is 2.08. The average Bonchev–Trinajstić information content (AvgIpc) is 2.49. The summed E-state index contributed by atoms with van der Waals surface area (Å²) in [7, 11) is 0. The van der Waals surface area contributed by atoms with Crippen LogP contribution in [0.5, 0.6) is 5.88 Å². The van der Waals surface area contributed by atoms with Crippen molar-refractivity contribution in [1.29, 1.82) is 0 Å². The number of nitrogens with one attached hydrogen (secondary N) is 2. The Balaban J connectivity index is 0.00000400. The van der Waals surface area contributed by atoms with Crippen molar-refractivity contribution in [3.05, 3.63) is 23.9 Å². The smallest absolute Gasteiger partial charge is 0.213 e. The zero-order valence-electron chi connectivity index (χ0n) is 12.6. The van der Waals surface area contributed by atoms with E-state index in [0.29, 0.717) is 31.5 Å². The lowest BCUT2D eigenvalue weighted by Crippen LogP contribution is -2.37. The number of hydrogen-bond donors (Lipinski definition) is 2. The predicted octanol–water partition coefficient (Wildman–Crippen LogP) is 2.18. The van der Waals surface area contributed by atoms with Crippen LogP contribution in [0.15, 0.2) is 23.3 Å². The minimum Gasteiger partial charge on any atom is -0.478 e. The molecule has 0 saturated carbocycles. The first kappa shape index (κ1) is 19.5. The van der Waals surface area contributed by atoms with Crippen LogP contribution in [0.1, 0.15) is 25.8 Å². The highest BCUT2D eigenvalue weighted by molar-refractivity contribution is 14.0. The second kappa shape index (κ2) is 12.3. The summed E-state index contributed by atoms with van der Waals surface area (Å²) in [4.78, 5) is 8.67. The average molecular weight is 402 g/mol. The van der Waals surface area contributed by atoms with Gasteiger partial charge in [-0.15, -0.1) is 30.4 Å². The van der Waals surface area contributed by atoms with Crippen LogP contribution in [0.3, 0.4) is 0 Å². The molecule has 0 fully saturated rings. The highest BCUT2D eigenvalue weighted by Gasteiger charge is 1.98. The number of pyridine rings is 1. The molecule has 0 aliphatic carbocycles. The van der Waals surface area contributed by atoms with Gasteiger partial charge in [0.05, 0.1) is 19.7 Å². The Bertz CT molecular complexity index is 454. The molecular formula is C15H23IN4O. The SMILES string of the molecule is C#CCNC(=NCc1ccc(OCCC)nc1)NCC.I. The normalized spacial score (nSPS) is 10.2. The van der Waals surface area contributed by atoms with Gasteiger partial charge in [0.25, 0.3) is 0 Å². The molecule has 0 amide bonds. The summed E-state index contributed by atoms with van der Waals surface area (Å²) in [6.45, 7) is 6.54. The molecule has 0 atom stereocenters. The van der Waals surface area contributed by atoms with Gasteiger partial charge >= 0.3 is 0 Å². The van der Waals surface area contributed by atoms with Crippen LogP contribution >= 0.6 is 24.0 Å². The van der Waals surface area contributed by atoms with Gasteiger partial charge < -0.3 is 15.4 Å². The van der Waals surface area contributed by atoms with Crippen LogP contribution in [0.2, 0.25) is 0 Å². The molecule has 0 bridgehead atoms. The third-order valence-corrected chi connectivity index (χ3v) is 2.37. The van der Waals surface area contributed by atoms with E-state index in [0.717, 1.165) is 18.5 Å². The molecule has 1 rings (SSSR count). The number of terminal acetylenes is 1. The van der Waals surface area contributed by atoms with Gasteiger partial charge in [0.1, 0.15) is 0 Å². The molecule has 0 aliphatic heterocycles. The van der Waals surface area contributed by atoms with Crippen molar-refractivity contribution in [2.45, 2.75) is 26.8 Å². The van der Waals surface area contributed by atoms with Gasteiger partial charge in [0.15, 0.2) is 5.96 Å². The summed E-state index contributed by atoms with van der Waals surface area (Å²) in [5, 5.41) is 6.16. The van der Waals surface area contributed by atoms with E-state index in [2.05, 4.69) is 33.5 Å². The molecule has 1 aromatic heterocycles. The van der Waals surface area contributed by atoms with E-state index >= 15 is 0 Å². The number of rotatable bonds is 7. The van der Waals surface area contributed by atoms with Crippen molar-refractivity contribution in [3.8, 4) is 18.2 Å². The zero-order valence-corrected chi connectivity index (χ0v) is 14.9. The minimum atomic E-state index is 0. The quantitative estimate of drug-likeness (QED) is 0.318. The predicted molar refractivity (Wildman–Crippen MR) is 97.1 cm³/mol. The molecule has 2 N–H and O–H groups in total. The molecule has 0 aliphatic rings. The molecular weight excluding hydrogens is 379 g/mol. The fourth-order valence-electron chi connectivity index (χ4n) is 1.44. The maximum absolute atomic E-state index is 5.43. The topological polar surface area (TPSA) is 58.5 Å². The zero-order chi connectivity index (χ0) is 14.6. The summed E-state index contributed by atoms with van der Waals surface area (Å²) in [6, 6.07) is 3.83. The summed E-state index contributed by atoms with van der Waals surface area (Å²) in [6.07, 6.45) is 7.97. The lowest BCUT2D eigenvalue weighted by molar-refractivity contribution is 0.305. The van der Waals surface area contributed by atoms with E-state index in [9.17, 15) is 0 Å². The van der Waals surface area contributed by atoms with Crippen molar-refractivity contribution in [3.63, 3.8) is 0 Å². The van der Waals surface area contributed by atoms with Gasteiger partial charge in [-0.05, 0) is 18.9 Å². The number of aliphatic imine (C=N–C) groups is 1. The van der Waals surface area contributed by atoms with Gasteiger partial charge in [-0.3, -0.25) is 0 Å². The largest absolute Gasteiger partial charge is 0.478 e. The molecule has 1 aromatic rings. The molecule has 1 heterocycles. The molecule has 0 unspecified atom stereocenters. The van der Waals surface area contributed by atoms with Gasteiger partial charge in [-0.25, -0.2) is 9.98 Å². The summed E-state index contributed by atoms with van der Waals surface area (Å²) >= 11 is 0. The Morgan fingerprint density at radius 2 is 2.19 bits per heavy atom. The standard InChI is InChI=1S/C15H22N4O.HI/c1-4-9-17-15(16-6-3)19-12-13-7-8-14(18-11-13)20-10-5-2;/h1,7-8,11H,5-6,9-10,12H2,2-3H3,(H2,16,17,19);1H. The number of nitrogens with zero attached hydrogens (tertiary/aromatic N) is 2. The number of hydrogen-bond acceptors (Lipinski definition) is 3. The Labute approximate surface area is 144 Å². The van der Waals surface area contributed by atoms with Crippen molar-refractivity contribution < 1.29 is 4.74 Å². The number of ether oxygens (including phenoxy) is 1. The van der Waals surface area contributed by atoms with Crippen molar-refractivity contribution >= 4 is 29.9 Å². The van der Waals surface area contributed by atoms with Crippen LogP contribution in [-0.4, -0.2) is 30.6 Å². The number of guanidine groups is 1. The second-order valence-corrected chi connectivity index (χ2v) is 4.11. The molecule has 116 valence electrons. The first-order valence-electron chi connectivity index (χ1n) is 6.83. The Kier molecular flexibility index (Phi) is 11.4. The third kappa shape index (κ3) is 8.40. The van der Waals surface area contributed by atoms with Gasteiger partial charge in [-0.1, -0.05) is 18.9 Å². The van der Waals surface area contributed by atoms with Crippen molar-refractivity contribution in [2.75, 3.05) is 19.7 Å².